The zero-order chi connectivity index (χ0) is 16.4. The Morgan fingerprint density at radius 1 is 1.30 bits per heavy atom. The number of carbonyl (C=O) groups excluding carboxylic acids is 1. The molecule has 1 aromatic carbocycles. The molecule has 0 saturated carbocycles. The molecule has 4 nitrogen and oxygen atoms in total. The van der Waals surface area contributed by atoms with Crippen molar-refractivity contribution in [3.63, 3.8) is 0 Å². The third kappa shape index (κ3) is 3.63. The van der Waals surface area contributed by atoms with E-state index in [1.54, 1.807) is 0 Å². The Labute approximate surface area is 137 Å². The zero-order valence-corrected chi connectivity index (χ0v) is 14.1. The molecule has 0 spiro atoms. The van der Waals surface area contributed by atoms with Crippen LogP contribution in [0, 0.1) is 20.8 Å². The maximum Gasteiger partial charge on any atom is 0.228 e. The van der Waals surface area contributed by atoms with Gasteiger partial charge in [0.15, 0.2) is 0 Å². The summed E-state index contributed by atoms with van der Waals surface area (Å²) in [6, 6.07) is 8.70. The molecule has 1 saturated heterocycles. The summed E-state index contributed by atoms with van der Waals surface area (Å²) in [5.41, 5.74) is 4.67. The molecular weight excluding hydrogens is 288 g/mol. The van der Waals surface area contributed by atoms with E-state index in [2.05, 4.69) is 37.2 Å². The van der Waals surface area contributed by atoms with Gasteiger partial charge in [-0.2, -0.15) is 0 Å². The van der Waals surface area contributed by atoms with E-state index in [1.165, 1.54) is 16.7 Å². The summed E-state index contributed by atoms with van der Waals surface area (Å²) in [5, 5.41) is 3.94. The number of rotatable bonds is 4. The second-order valence-corrected chi connectivity index (χ2v) is 6.62. The minimum atomic E-state index is 0.158. The fourth-order valence-corrected chi connectivity index (χ4v) is 3.41. The molecule has 2 aromatic rings. The van der Waals surface area contributed by atoms with Crippen LogP contribution in [0.5, 0.6) is 0 Å². The number of hydrogen-bond donors (Lipinski definition) is 0. The summed E-state index contributed by atoms with van der Waals surface area (Å²) in [6.07, 6.45) is 3.44. The van der Waals surface area contributed by atoms with E-state index < -0.39 is 0 Å². The highest BCUT2D eigenvalue weighted by Gasteiger charge is 2.29. The molecule has 2 heterocycles. The molecule has 122 valence electrons. The fraction of sp³-hybridized carbons (Fsp3) is 0.474. The van der Waals surface area contributed by atoms with Crippen molar-refractivity contribution < 1.29 is 9.32 Å². The highest BCUT2D eigenvalue weighted by molar-refractivity contribution is 5.79. The molecule has 1 atom stereocenters. The van der Waals surface area contributed by atoms with Crippen molar-refractivity contribution >= 4 is 5.91 Å². The third-order valence-corrected chi connectivity index (χ3v) is 4.67. The van der Waals surface area contributed by atoms with Gasteiger partial charge in [-0.1, -0.05) is 28.9 Å². The van der Waals surface area contributed by atoms with Crippen molar-refractivity contribution in [3.05, 3.63) is 52.4 Å². The van der Waals surface area contributed by atoms with Crippen molar-refractivity contribution in [1.29, 1.82) is 0 Å². The van der Waals surface area contributed by atoms with E-state index >= 15 is 0 Å². The van der Waals surface area contributed by atoms with E-state index in [9.17, 15) is 4.79 Å². The van der Waals surface area contributed by atoms with Crippen LogP contribution in [-0.2, 0) is 17.6 Å². The lowest BCUT2D eigenvalue weighted by Crippen LogP contribution is -2.38. The van der Waals surface area contributed by atoms with Crippen molar-refractivity contribution in [2.24, 2.45) is 0 Å². The van der Waals surface area contributed by atoms with Crippen LogP contribution in [-0.4, -0.2) is 28.6 Å². The molecule has 1 aliphatic rings. The topological polar surface area (TPSA) is 46.3 Å². The first kappa shape index (κ1) is 15.8. The van der Waals surface area contributed by atoms with Crippen LogP contribution >= 0.6 is 0 Å². The molecular formula is C19H24N2O2. The fourth-order valence-electron chi connectivity index (χ4n) is 3.41. The van der Waals surface area contributed by atoms with Gasteiger partial charge in [0.2, 0.25) is 5.91 Å². The molecule has 1 aliphatic heterocycles. The van der Waals surface area contributed by atoms with Gasteiger partial charge >= 0.3 is 0 Å². The van der Waals surface area contributed by atoms with Gasteiger partial charge in [-0.3, -0.25) is 4.79 Å². The molecule has 23 heavy (non-hydrogen) atoms. The Kier molecular flexibility index (Phi) is 4.51. The lowest BCUT2D eigenvalue weighted by Gasteiger charge is -2.25. The van der Waals surface area contributed by atoms with E-state index in [0.29, 0.717) is 12.5 Å². The molecule has 0 bridgehead atoms. The summed E-state index contributed by atoms with van der Waals surface area (Å²) in [4.78, 5) is 14.7. The quantitative estimate of drug-likeness (QED) is 0.869. The van der Waals surface area contributed by atoms with Crippen LogP contribution in [0.1, 0.15) is 41.0 Å². The number of nitrogens with zero attached hydrogens (tertiary/aromatic N) is 2. The summed E-state index contributed by atoms with van der Waals surface area (Å²) < 4.78 is 5.06. The zero-order valence-electron chi connectivity index (χ0n) is 14.1. The van der Waals surface area contributed by atoms with Gasteiger partial charge in [0.05, 0.1) is 12.1 Å². The van der Waals surface area contributed by atoms with Crippen molar-refractivity contribution in [2.75, 3.05) is 6.54 Å². The summed E-state index contributed by atoms with van der Waals surface area (Å²) in [6.45, 7) is 6.97. The number of aromatic nitrogens is 1. The first-order chi connectivity index (χ1) is 11.0. The summed E-state index contributed by atoms with van der Waals surface area (Å²) in [7, 11) is 0. The van der Waals surface area contributed by atoms with Crippen molar-refractivity contribution in [2.45, 2.75) is 52.5 Å². The normalized spacial score (nSPS) is 17.7. The molecule has 1 unspecified atom stereocenters. The van der Waals surface area contributed by atoms with Gasteiger partial charge in [-0.15, -0.1) is 0 Å². The predicted octanol–water partition coefficient (Wildman–Crippen LogP) is 3.38. The number of amides is 1. The van der Waals surface area contributed by atoms with E-state index in [4.69, 9.17) is 4.52 Å². The Hall–Kier alpha value is -2.10. The first-order valence-corrected chi connectivity index (χ1v) is 8.31. The molecule has 0 radical (unpaired) electrons. The number of aryl methyl sites for hydroxylation is 3. The van der Waals surface area contributed by atoms with Gasteiger partial charge < -0.3 is 9.42 Å². The van der Waals surface area contributed by atoms with Crippen LogP contribution in [0.25, 0.3) is 0 Å². The maximum absolute atomic E-state index is 12.6. The maximum atomic E-state index is 12.6. The van der Waals surface area contributed by atoms with Crippen molar-refractivity contribution in [1.82, 2.24) is 10.1 Å². The number of hydrogen-bond acceptors (Lipinski definition) is 3. The first-order valence-electron chi connectivity index (χ1n) is 8.31. The molecule has 1 fully saturated rings. The Morgan fingerprint density at radius 2 is 2.13 bits per heavy atom. The molecule has 1 amide bonds. The molecule has 0 N–H and O–H groups in total. The van der Waals surface area contributed by atoms with E-state index in [0.717, 1.165) is 37.3 Å². The SMILES string of the molecule is Cc1ccc(C)c(CC2CCCN2C(=O)Cc2cc(C)on2)c1. The second kappa shape index (κ2) is 6.57. The van der Waals surface area contributed by atoms with Crippen LogP contribution in [0.15, 0.2) is 28.8 Å². The van der Waals surface area contributed by atoms with Crippen LogP contribution < -0.4 is 0 Å². The highest BCUT2D eigenvalue weighted by Crippen LogP contribution is 2.24. The van der Waals surface area contributed by atoms with E-state index in [1.807, 2.05) is 17.9 Å². The van der Waals surface area contributed by atoms with Crippen molar-refractivity contribution in [3.8, 4) is 0 Å². The molecule has 3 rings (SSSR count). The average Bonchev–Trinajstić information content (AvgIpc) is 3.12. The second-order valence-electron chi connectivity index (χ2n) is 6.62. The number of likely N-dealkylation sites (tertiary alicyclic amines) is 1. The predicted molar refractivity (Wildman–Crippen MR) is 89.3 cm³/mol. The van der Waals surface area contributed by atoms with Gasteiger partial charge in [0, 0.05) is 18.7 Å². The summed E-state index contributed by atoms with van der Waals surface area (Å²) in [5.74, 6) is 0.910. The Morgan fingerprint density at radius 3 is 2.87 bits per heavy atom. The number of carbonyl (C=O) groups is 1. The lowest BCUT2D eigenvalue weighted by atomic mass is 9.97. The monoisotopic (exact) mass is 312 g/mol. The minimum Gasteiger partial charge on any atom is -0.361 e. The minimum absolute atomic E-state index is 0.158. The Bertz CT molecular complexity index is 705. The smallest absolute Gasteiger partial charge is 0.228 e. The lowest BCUT2D eigenvalue weighted by molar-refractivity contribution is -0.131. The van der Waals surface area contributed by atoms with Crippen LogP contribution in [0.2, 0.25) is 0 Å². The van der Waals surface area contributed by atoms with Gasteiger partial charge in [0.25, 0.3) is 0 Å². The standard InChI is InChI=1S/C19H24N2O2/c1-13-6-7-14(2)16(9-13)11-18-5-4-8-21(18)19(22)12-17-10-15(3)23-20-17/h6-7,9-10,18H,4-5,8,11-12H2,1-3H3. The van der Waals surface area contributed by atoms with Crippen LogP contribution in [0.3, 0.4) is 0 Å². The van der Waals surface area contributed by atoms with Crippen LogP contribution in [0.4, 0.5) is 0 Å². The Balaban J connectivity index is 1.69. The largest absolute Gasteiger partial charge is 0.361 e. The molecule has 0 aliphatic carbocycles. The van der Waals surface area contributed by atoms with Gasteiger partial charge in [-0.05, 0) is 51.2 Å². The average molecular weight is 312 g/mol. The van der Waals surface area contributed by atoms with E-state index in [-0.39, 0.29) is 5.91 Å². The van der Waals surface area contributed by atoms with Gasteiger partial charge in [0.1, 0.15) is 5.76 Å². The number of benzene rings is 1. The molecule has 1 aromatic heterocycles. The third-order valence-electron chi connectivity index (χ3n) is 4.67. The molecule has 4 heteroatoms. The van der Waals surface area contributed by atoms with Gasteiger partial charge in [-0.25, -0.2) is 0 Å². The summed E-state index contributed by atoms with van der Waals surface area (Å²) >= 11 is 0. The highest BCUT2D eigenvalue weighted by atomic mass is 16.5.